The minimum Gasteiger partial charge on any atom is -1.00 e. The molecule has 0 rings (SSSR count). The van der Waals surface area contributed by atoms with Gasteiger partial charge >= 0.3 is 37.7 Å². The molecular formula is H8CaCl2O4. The largest absolute Gasteiger partial charge is 2.00 e. The van der Waals surface area contributed by atoms with Gasteiger partial charge in [0.25, 0.3) is 0 Å². The van der Waals surface area contributed by atoms with Crippen LogP contribution in [0.1, 0.15) is 0 Å². The Morgan fingerprint density at radius 3 is 0.429 bits per heavy atom. The van der Waals surface area contributed by atoms with Crippen LogP contribution in [0.2, 0.25) is 0 Å². The third-order valence-electron chi connectivity index (χ3n) is 0. The van der Waals surface area contributed by atoms with Gasteiger partial charge in [-0.3, -0.25) is 0 Å². The fourth-order valence-electron chi connectivity index (χ4n) is 0. The van der Waals surface area contributed by atoms with E-state index in [-0.39, 0.29) is 84.5 Å². The molecule has 8 N–H and O–H groups in total. The third-order valence-corrected chi connectivity index (χ3v) is 0. The molecule has 0 amide bonds. The van der Waals surface area contributed by atoms with Crippen LogP contribution in [-0.4, -0.2) is 59.6 Å². The molecule has 0 bridgehead atoms. The Morgan fingerprint density at radius 1 is 0.429 bits per heavy atom. The van der Waals surface area contributed by atoms with Crippen LogP contribution >= 0.6 is 0 Å². The zero-order valence-corrected chi connectivity index (χ0v) is 7.18. The summed E-state index contributed by atoms with van der Waals surface area (Å²) in [6.45, 7) is 0. The molecule has 0 unspecified atom stereocenters. The smallest absolute Gasteiger partial charge is 1.00 e. The predicted octanol–water partition coefficient (Wildman–Crippen LogP) is -9.67. The van der Waals surface area contributed by atoms with Crippen molar-refractivity contribution in [2.45, 2.75) is 0 Å². The summed E-state index contributed by atoms with van der Waals surface area (Å²) in [6.07, 6.45) is 0. The van der Waals surface area contributed by atoms with Gasteiger partial charge in [-0.05, 0) is 0 Å². The normalized spacial score (nSPS) is 0. The van der Waals surface area contributed by atoms with Gasteiger partial charge in [0, 0.05) is 0 Å². The molecule has 0 aromatic carbocycles. The van der Waals surface area contributed by atoms with E-state index in [1.54, 1.807) is 0 Å². The molecule has 0 aliphatic rings. The minimum absolute atomic E-state index is 0. The summed E-state index contributed by atoms with van der Waals surface area (Å²) >= 11 is 0. The average Bonchev–Trinajstić information content (AvgIpc) is 0. The first-order valence-electron chi connectivity index (χ1n) is 0. The second-order valence-corrected chi connectivity index (χ2v) is 0. The molecule has 7 heavy (non-hydrogen) atoms. The number of hydrogen-bond donors (Lipinski definition) is 0. The van der Waals surface area contributed by atoms with Crippen molar-refractivity contribution in [3.63, 3.8) is 0 Å². The van der Waals surface area contributed by atoms with Crippen molar-refractivity contribution >= 4 is 37.7 Å². The van der Waals surface area contributed by atoms with E-state index in [1.165, 1.54) is 0 Å². The summed E-state index contributed by atoms with van der Waals surface area (Å²) in [7, 11) is 0. The summed E-state index contributed by atoms with van der Waals surface area (Å²) in [4.78, 5) is 0. The van der Waals surface area contributed by atoms with E-state index in [1.807, 2.05) is 0 Å². The van der Waals surface area contributed by atoms with Crippen molar-refractivity contribution in [3.05, 3.63) is 0 Å². The van der Waals surface area contributed by atoms with E-state index >= 15 is 0 Å². The van der Waals surface area contributed by atoms with E-state index in [9.17, 15) is 0 Å². The first-order chi connectivity index (χ1) is 0. The van der Waals surface area contributed by atoms with Gasteiger partial charge in [0.05, 0.1) is 0 Å². The van der Waals surface area contributed by atoms with Crippen LogP contribution in [0.25, 0.3) is 0 Å². The average molecular weight is 183 g/mol. The number of hydrogen-bond acceptors (Lipinski definition) is 0. The number of rotatable bonds is 0. The Bertz CT molecular complexity index is 9.65. The Labute approximate surface area is 83.7 Å². The fraction of sp³-hybridized carbons (Fsp3) is 0. The second kappa shape index (κ2) is 121. The maximum Gasteiger partial charge on any atom is 2.00 e. The molecule has 0 fully saturated rings. The van der Waals surface area contributed by atoms with Gasteiger partial charge in [-0.15, -0.1) is 0 Å². The monoisotopic (exact) mass is 182 g/mol. The molecule has 4 nitrogen and oxygen atoms in total. The molecule has 0 spiro atoms. The Hall–Kier alpha value is 1.68. The van der Waals surface area contributed by atoms with Crippen molar-refractivity contribution < 1.29 is 46.7 Å². The van der Waals surface area contributed by atoms with Gasteiger partial charge in [-0.1, -0.05) is 0 Å². The van der Waals surface area contributed by atoms with Crippen LogP contribution in [0.4, 0.5) is 0 Å². The summed E-state index contributed by atoms with van der Waals surface area (Å²) in [5.74, 6) is 0. The van der Waals surface area contributed by atoms with E-state index in [0.29, 0.717) is 0 Å². The Kier molecular flexibility index (Phi) is 3150. The van der Waals surface area contributed by atoms with Crippen molar-refractivity contribution in [1.29, 1.82) is 0 Å². The first-order valence-corrected chi connectivity index (χ1v) is 0. The van der Waals surface area contributed by atoms with E-state index in [4.69, 9.17) is 0 Å². The van der Waals surface area contributed by atoms with E-state index < -0.39 is 0 Å². The summed E-state index contributed by atoms with van der Waals surface area (Å²) in [5.41, 5.74) is 0. The molecule has 48 valence electrons. The second-order valence-electron chi connectivity index (χ2n) is 0. The van der Waals surface area contributed by atoms with Crippen LogP contribution in [-0.2, 0) is 0 Å². The molecule has 0 aliphatic carbocycles. The van der Waals surface area contributed by atoms with Gasteiger partial charge < -0.3 is 46.7 Å². The van der Waals surface area contributed by atoms with Gasteiger partial charge in [0.1, 0.15) is 0 Å². The third kappa shape index (κ3) is 87.8. The summed E-state index contributed by atoms with van der Waals surface area (Å²) in [5, 5.41) is 0. The first kappa shape index (κ1) is 181. The quantitative estimate of drug-likeness (QED) is 0.330. The van der Waals surface area contributed by atoms with Crippen molar-refractivity contribution in [2.24, 2.45) is 0 Å². The van der Waals surface area contributed by atoms with Crippen LogP contribution in [0.15, 0.2) is 0 Å². The van der Waals surface area contributed by atoms with E-state index in [2.05, 4.69) is 0 Å². The standard InChI is InChI=1S/Ca.2ClH.4H2O/h;2*1H;4*1H2/q+2;;;;;;/p-2. The minimum atomic E-state index is 0. The van der Waals surface area contributed by atoms with Crippen LogP contribution < -0.4 is 24.8 Å². The summed E-state index contributed by atoms with van der Waals surface area (Å²) in [6, 6.07) is 0. The molecule has 0 aromatic rings. The van der Waals surface area contributed by atoms with Crippen molar-refractivity contribution in [1.82, 2.24) is 0 Å². The van der Waals surface area contributed by atoms with Gasteiger partial charge in [-0.25, -0.2) is 0 Å². The molecule has 0 atom stereocenters. The van der Waals surface area contributed by atoms with Gasteiger partial charge in [0.15, 0.2) is 0 Å². The van der Waals surface area contributed by atoms with E-state index in [0.717, 1.165) is 0 Å². The molecule has 0 saturated carbocycles. The summed E-state index contributed by atoms with van der Waals surface area (Å²) < 4.78 is 0. The Balaban J connectivity index is 0. The molecule has 0 aromatic heterocycles. The van der Waals surface area contributed by atoms with Crippen molar-refractivity contribution in [2.75, 3.05) is 0 Å². The maximum atomic E-state index is 0. The van der Waals surface area contributed by atoms with Crippen molar-refractivity contribution in [3.8, 4) is 0 Å². The van der Waals surface area contributed by atoms with Crippen LogP contribution in [0.5, 0.6) is 0 Å². The topological polar surface area (TPSA) is 126 Å². The molecule has 0 aliphatic heterocycles. The zero-order chi connectivity index (χ0) is 0. The molecule has 7 heteroatoms. The van der Waals surface area contributed by atoms with Crippen LogP contribution in [0, 0.1) is 0 Å². The van der Waals surface area contributed by atoms with Gasteiger partial charge in [0.2, 0.25) is 0 Å². The number of halogens is 2. The predicted molar refractivity (Wildman–Crippen MR) is 20.2 cm³/mol. The molecule has 0 radical (unpaired) electrons. The molecule has 0 saturated heterocycles. The van der Waals surface area contributed by atoms with Gasteiger partial charge in [-0.2, -0.15) is 0 Å². The molecular weight excluding hydrogens is 175 g/mol. The Morgan fingerprint density at radius 2 is 0.429 bits per heavy atom. The van der Waals surface area contributed by atoms with Crippen LogP contribution in [0.3, 0.4) is 0 Å². The zero-order valence-electron chi connectivity index (χ0n) is 3.46. The SMILES string of the molecule is O.O.O.O.[Ca+2].[Cl-].[Cl-]. The molecule has 0 heterocycles. The fourth-order valence-corrected chi connectivity index (χ4v) is 0. The maximum absolute atomic E-state index is 0.